The molecular weight excluding hydrogens is 246 g/mol. The van der Waals surface area contributed by atoms with Crippen molar-refractivity contribution in [3.05, 3.63) is 29.6 Å². The van der Waals surface area contributed by atoms with Gasteiger partial charge in [0.2, 0.25) is 0 Å². The lowest BCUT2D eigenvalue weighted by atomic mass is 10.2. The number of aliphatic hydroxyl groups excluding tert-OH is 1. The number of aliphatic hydroxyl groups is 1. The first-order valence-corrected chi connectivity index (χ1v) is 5.32. The minimum Gasteiger partial charge on any atom is -0.478 e. The third-order valence-corrected chi connectivity index (χ3v) is 2.27. The van der Waals surface area contributed by atoms with Crippen LogP contribution in [0.15, 0.2) is 18.3 Å². The first-order chi connectivity index (χ1) is 8.52. The lowest BCUT2D eigenvalue weighted by molar-refractivity contribution is 0.0696. The van der Waals surface area contributed by atoms with Crippen molar-refractivity contribution in [2.75, 3.05) is 19.7 Å². The van der Waals surface area contributed by atoms with E-state index in [1.807, 2.05) is 0 Å². The fraction of sp³-hybridized carbons (Fsp3) is 0.455. The highest BCUT2D eigenvalue weighted by atomic mass is 19.3. The lowest BCUT2D eigenvalue weighted by Crippen LogP contribution is -2.31. The summed E-state index contributed by atoms with van der Waals surface area (Å²) < 4.78 is 24.5. The van der Waals surface area contributed by atoms with Gasteiger partial charge in [-0.2, -0.15) is 0 Å². The molecule has 0 atom stereocenters. The summed E-state index contributed by atoms with van der Waals surface area (Å²) in [5, 5.41) is 17.4. The monoisotopic (exact) mass is 260 g/mol. The highest BCUT2D eigenvalue weighted by molar-refractivity contribution is 5.87. The van der Waals surface area contributed by atoms with E-state index in [9.17, 15) is 13.6 Å². The SMILES string of the molecule is O=C(O)c1ccc(CN(CCO)CC(F)F)nc1. The summed E-state index contributed by atoms with van der Waals surface area (Å²) in [6, 6.07) is 2.84. The second kappa shape index (κ2) is 6.97. The Kier molecular flexibility index (Phi) is 5.60. The van der Waals surface area contributed by atoms with E-state index < -0.39 is 18.9 Å². The van der Waals surface area contributed by atoms with Crippen molar-refractivity contribution < 1.29 is 23.8 Å². The largest absolute Gasteiger partial charge is 0.478 e. The number of alkyl halides is 2. The summed E-state index contributed by atoms with van der Waals surface area (Å²) in [7, 11) is 0. The quantitative estimate of drug-likeness (QED) is 0.760. The van der Waals surface area contributed by atoms with Gasteiger partial charge in [0.15, 0.2) is 0 Å². The third kappa shape index (κ3) is 4.72. The Morgan fingerprint density at radius 2 is 2.17 bits per heavy atom. The van der Waals surface area contributed by atoms with E-state index in [0.29, 0.717) is 5.69 Å². The maximum atomic E-state index is 12.3. The van der Waals surface area contributed by atoms with Crippen molar-refractivity contribution >= 4 is 5.97 Å². The van der Waals surface area contributed by atoms with E-state index in [1.54, 1.807) is 0 Å². The van der Waals surface area contributed by atoms with Crippen LogP contribution in [0.25, 0.3) is 0 Å². The van der Waals surface area contributed by atoms with Gasteiger partial charge < -0.3 is 10.2 Å². The molecule has 0 saturated heterocycles. The lowest BCUT2D eigenvalue weighted by Gasteiger charge is -2.20. The Balaban J connectivity index is 2.65. The minimum atomic E-state index is -2.49. The van der Waals surface area contributed by atoms with Gasteiger partial charge in [-0.3, -0.25) is 9.88 Å². The average Bonchev–Trinajstić information content (AvgIpc) is 2.29. The molecule has 0 fully saturated rings. The number of nitrogens with zero attached hydrogens (tertiary/aromatic N) is 2. The fourth-order valence-electron chi connectivity index (χ4n) is 1.45. The molecule has 1 aromatic heterocycles. The second-order valence-electron chi connectivity index (χ2n) is 3.69. The van der Waals surface area contributed by atoms with Crippen LogP contribution >= 0.6 is 0 Å². The van der Waals surface area contributed by atoms with Crippen molar-refractivity contribution in [3.63, 3.8) is 0 Å². The number of carboxylic acid groups (broad SMARTS) is 1. The zero-order chi connectivity index (χ0) is 13.5. The Morgan fingerprint density at radius 3 is 2.61 bits per heavy atom. The summed E-state index contributed by atoms with van der Waals surface area (Å²) >= 11 is 0. The van der Waals surface area contributed by atoms with Gasteiger partial charge >= 0.3 is 5.97 Å². The zero-order valence-electron chi connectivity index (χ0n) is 9.59. The maximum Gasteiger partial charge on any atom is 0.337 e. The summed E-state index contributed by atoms with van der Waals surface area (Å²) in [6.07, 6.45) is -1.31. The van der Waals surface area contributed by atoms with Gasteiger partial charge in [-0.25, -0.2) is 13.6 Å². The molecule has 0 saturated carbocycles. The van der Waals surface area contributed by atoms with E-state index in [0.717, 1.165) is 0 Å². The number of rotatable bonds is 7. The molecule has 0 aromatic carbocycles. The number of pyridine rings is 1. The first kappa shape index (κ1) is 14.5. The summed E-state index contributed by atoms with van der Waals surface area (Å²) in [5.74, 6) is -1.09. The molecule has 1 rings (SSSR count). The molecule has 0 unspecified atom stereocenters. The van der Waals surface area contributed by atoms with Crippen LogP contribution in [0, 0.1) is 0 Å². The molecule has 5 nitrogen and oxygen atoms in total. The molecule has 2 N–H and O–H groups in total. The Morgan fingerprint density at radius 1 is 1.44 bits per heavy atom. The maximum absolute atomic E-state index is 12.3. The fourth-order valence-corrected chi connectivity index (χ4v) is 1.45. The van der Waals surface area contributed by atoms with E-state index in [2.05, 4.69) is 4.98 Å². The molecule has 0 aliphatic heterocycles. The summed E-state index contributed by atoms with van der Waals surface area (Å²) in [5.41, 5.74) is 0.524. The molecule has 0 spiro atoms. The van der Waals surface area contributed by atoms with Crippen molar-refractivity contribution in [2.45, 2.75) is 13.0 Å². The standard InChI is InChI=1S/C11H14F2N2O3/c12-10(13)7-15(3-4-16)6-9-2-1-8(5-14-9)11(17)18/h1-2,5,10,16H,3-4,6-7H2,(H,17,18). The Hall–Kier alpha value is -1.60. The normalized spacial score (nSPS) is 11.2. The van der Waals surface area contributed by atoms with Gasteiger partial charge in [-0.1, -0.05) is 0 Å². The topological polar surface area (TPSA) is 73.7 Å². The molecule has 1 aromatic rings. The molecule has 7 heteroatoms. The number of carbonyl (C=O) groups is 1. The van der Waals surface area contributed by atoms with Gasteiger partial charge in [0.05, 0.1) is 24.4 Å². The van der Waals surface area contributed by atoms with Crippen molar-refractivity contribution in [1.82, 2.24) is 9.88 Å². The van der Waals surface area contributed by atoms with E-state index in [1.165, 1.54) is 23.2 Å². The highest BCUT2D eigenvalue weighted by Gasteiger charge is 2.13. The molecule has 0 radical (unpaired) electrons. The number of halogens is 2. The van der Waals surface area contributed by atoms with E-state index in [4.69, 9.17) is 10.2 Å². The van der Waals surface area contributed by atoms with Crippen molar-refractivity contribution in [2.24, 2.45) is 0 Å². The van der Waals surface area contributed by atoms with Crippen molar-refractivity contribution in [3.8, 4) is 0 Å². The zero-order valence-corrected chi connectivity index (χ0v) is 9.59. The van der Waals surface area contributed by atoms with Crippen LogP contribution in [-0.2, 0) is 6.54 Å². The minimum absolute atomic E-state index is 0.0429. The van der Waals surface area contributed by atoms with Gasteiger partial charge in [-0.15, -0.1) is 0 Å². The summed E-state index contributed by atoms with van der Waals surface area (Å²) in [6.45, 7) is -0.416. The van der Waals surface area contributed by atoms with Crippen LogP contribution in [0.4, 0.5) is 8.78 Å². The second-order valence-corrected chi connectivity index (χ2v) is 3.69. The highest BCUT2D eigenvalue weighted by Crippen LogP contribution is 2.06. The van der Waals surface area contributed by atoms with Gasteiger partial charge in [0.1, 0.15) is 0 Å². The Labute approximate surface area is 103 Å². The number of hydrogen-bond donors (Lipinski definition) is 2. The van der Waals surface area contributed by atoms with Gasteiger partial charge in [-0.05, 0) is 12.1 Å². The molecule has 18 heavy (non-hydrogen) atoms. The first-order valence-electron chi connectivity index (χ1n) is 5.32. The van der Waals surface area contributed by atoms with Crippen LogP contribution in [0.2, 0.25) is 0 Å². The third-order valence-electron chi connectivity index (χ3n) is 2.27. The van der Waals surface area contributed by atoms with Crippen molar-refractivity contribution in [1.29, 1.82) is 0 Å². The number of carboxylic acids is 1. The molecule has 0 amide bonds. The molecular formula is C11H14F2N2O3. The molecule has 0 bridgehead atoms. The molecule has 0 aliphatic rings. The smallest absolute Gasteiger partial charge is 0.337 e. The predicted octanol–water partition coefficient (Wildman–Crippen LogP) is 0.839. The molecule has 1 heterocycles. The Bertz CT molecular complexity index is 384. The number of hydrogen-bond acceptors (Lipinski definition) is 4. The molecule has 100 valence electrons. The van der Waals surface area contributed by atoms with Crippen LogP contribution in [0.5, 0.6) is 0 Å². The average molecular weight is 260 g/mol. The number of aromatic carboxylic acids is 1. The van der Waals surface area contributed by atoms with Crippen LogP contribution in [-0.4, -0.2) is 52.2 Å². The summed E-state index contributed by atoms with van der Waals surface area (Å²) in [4.78, 5) is 15.8. The van der Waals surface area contributed by atoms with E-state index >= 15 is 0 Å². The molecule has 0 aliphatic carbocycles. The van der Waals surface area contributed by atoms with Gasteiger partial charge in [0.25, 0.3) is 6.43 Å². The predicted molar refractivity (Wildman–Crippen MR) is 59.6 cm³/mol. The number of aromatic nitrogens is 1. The van der Waals surface area contributed by atoms with Crippen LogP contribution in [0.1, 0.15) is 16.1 Å². The van der Waals surface area contributed by atoms with E-state index in [-0.39, 0.29) is 25.3 Å². The van der Waals surface area contributed by atoms with Crippen LogP contribution in [0.3, 0.4) is 0 Å². The van der Waals surface area contributed by atoms with Gasteiger partial charge in [0, 0.05) is 19.3 Å². The van der Waals surface area contributed by atoms with Crippen LogP contribution < -0.4 is 0 Å².